The molecule has 0 unspecified atom stereocenters. The van der Waals surface area contributed by atoms with E-state index >= 15 is 0 Å². The molecular formula is C9H15Cl2N3. The van der Waals surface area contributed by atoms with Crippen molar-refractivity contribution < 1.29 is 0 Å². The molecule has 0 atom stereocenters. The summed E-state index contributed by atoms with van der Waals surface area (Å²) in [6.07, 6.45) is 0. The Morgan fingerprint density at radius 2 is 1.71 bits per heavy atom. The highest BCUT2D eigenvalue weighted by Gasteiger charge is 1.95. The smallest absolute Gasteiger partial charge is 0.125 e. The molecule has 0 aliphatic carbocycles. The minimum atomic E-state index is 0. The maximum atomic E-state index is 5.60. The molecule has 80 valence electrons. The van der Waals surface area contributed by atoms with Crippen molar-refractivity contribution >= 4 is 30.6 Å². The third kappa shape index (κ3) is 3.96. The van der Waals surface area contributed by atoms with Gasteiger partial charge in [0.2, 0.25) is 0 Å². The molecule has 0 aromatic heterocycles. The normalized spacial score (nSPS) is 10.0. The van der Waals surface area contributed by atoms with E-state index in [0.29, 0.717) is 12.4 Å². The number of benzene rings is 1. The molecule has 1 aromatic carbocycles. The highest BCUT2D eigenvalue weighted by Crippen LogP contribution is 2.02. The monoisotopic (exact) mass is 235 g/mol. The number of amidine groups is 1. The van der Waals surface area contributed by atoms with Gasteiger partial charge in [-0.25, -0.2) is 0 Å². The summed E-state index contributed by atoms with van der Waals surface area (Å²) in [7, 11) is 1.67. The van der Waals surface area contributed by atoms with E-state index in [4.69, 9.17) is 11.5 Å². The van der Waals surface area contributed by atoms with Crippen LogP contribution in [0.4, 0.5) is 0 Å². The number of nitrogens with two attached hydrogens (primary N) is 2. The van der Waals surface area contributed by atoms with Crippen molar-refractivity contribution in [2.24, 2.45) is 16.5 Å². The van der Waals surface area contributed by atoms with Crippen LogP contribution in [0.25, 0.3) is 0 Å². The quantitative estimate of drug-likeness (QED) is 0.600. The maximum absolute atomic E-state index is 5.60. The molecule has 0 heterocycles. The van der Waals surface area contributed by atoms with Gasteiger partial charge in [0.1, 0.15) is 5.84 Å². The van der Waals surface area contributed by atoms with Crippen LogP contribution in [0.3, 0.4) is 0 Å². The Balaban J connectivity index is 0. The van der Waals surface area contributed by atoms with Gasteiger partial charge in [0, 0.05) is 19.2 Å². The number of aliphatic imine (C=N–C) groups is 1. The van der Waals surface area contributed by atoms with E-state index in [1.807, 2.05) is 24.3 Å². The van der Waals surface area contributed by atoms with Crippen molar-refractivity contribution in [3.63, 3.8) is 0 Å². The van der Waals surface area contributed by atoms with Gasteiger partial charge in [0.15, 0.2) is 0 Å². The zero-order valence-corrected chi connectivity index (χ0v) is 9.57. The molecule has 0 bridgehead atoms. The Morgan fingerprint density at radius 1 is 1.21 bits per heavy atom. The summed E-state index contributed by atoms with van der Waals surface area (Å²) in [5, 5.41) is 0. The minimum absolute atomic E-state index is 0. The summed E-state index contributed by atoms with van der Waals surface area (Å²) in [6.45, 7) is 0.559. The molecule has 0 radical (unpaired) electrons. The Hall–Kier alpha value is -0.770. The largest absolute Gasteiger partial charge is 0.384 e. The van der Waals surface area contributed by atoms with Crippen molar-refractivity contribution in [3.05, 3.63) is 35.4 Å². The number of hydrogen-bond acceptors (Lipinski definition) is 2. The van der Waals surface area contributed by atoms with Crippen molar-refractivity contribution in [1.29, 1.82) is 0 Å². The molecule has 1 aromatic rings. The first-order valence-corrected chi connectivity index (χ1v) is 3.79. The molecule has 0 amide bonds. The summed E-state index contributed by atoms with van der Waals surface area (Å²) in [5.41, 5.74) is 13.1. The second kappa shape index (κ2) is 7.62. The molecule has 14 heavy (non-hydrogen) atoms. The Bertz CT molecular complexity index is 283. The minimum Gasteiger partial charge on any atom is -0.384 e. The molecule has 0 aliphatic rings. The summed E-state index contributed by atoms with van der Waals surface area (Å²) in [5.74, 6) is 0.554. The van der Waals surface area contributed by atoms with Crippen LogP contribution in [-0.4, -0.2) is 12.9 Å². The van der Waals surface area contributed by atoms with E-state index < -0.39 is 0 Å². The van der Waals surface area contributed by atoms with Crippen LogP contribution < -0.4 is 11.5 Å². The van der Waals surface area contributed by atoms with Crippen LogP contribution in [0.15, 0.2) is 29.3 Å². The second-order valence-electron chi connectivity index (χ2n) is 2.51. The maximum Gasteiger partial charge on any atom is 0.125 e. The van der Waals surface area contributed by atoms with Crippen LogP contribution in [0.5, 0.6) is 0 Å². The van der Waals surface area contributed by atoms with E-state index in [1.165, 1.54) is 0 Å². The molecule has 0 saturated heterocycles. The van der Waals surface area contributed by atoms with Gasteiger partial charge in [-0.3, -0.25) is 4.99 Å². The predicted octanol–water partition coefficient (Wildman–Crippen LogP) is 1.32. The number of nitrogens with zero attached hydrogens (tertiary/aromatic N) is 1. The van der Waals surface area contributed by atoms with Crippen molar-refractivity contribution in [2.75, 3.05) is 7.05 Å². The van der Waals surface area contributed by atoms with Gasteiger partial charge in [-0.15, -0.1) is 24.8 Å². The fourth-order valence-corrected chi connectivity index (χ4v) is 0.941. The van der Waals surface area contributed by atoms with Gasteiger partial charge in [0.05, 0.1) is 0 Å². The third-order valence-electron chi connectivity index (χ3n) is 1.73. The first kappa shape index (κ1) is 15.7. The average Bonchev–Trinajstić information content (AvgIpc) is 2.17. The predicted molar refractivity (Wildman–Crippen MR) is 65.5 cm³/mol. The second-order valence-corrected chi connectivity index (χ2v) is 2.51. The van der Waals surface area contributed by atoms with E-state index in [-0.39, 0.29) is 24.8 Å². The molecule has 0 fully saturated rings. The van der Waals surface area contributed by atoms with Gasteiger partial charge in [0.25, 0.3) is 0 Å². The molecule has 3 nitrogen and oxygen atoms in total. The molecule has 0 saturated carbocycles. The summed E-state index contributed by atoms with van der Waals surface area (Å²) in [4.78, 5) is 3.88. The van der Waals surface area contributed by atoms with Crippen LogP contribution in [0.1, 0.15) is 11.1 Å². The summed E-state index contributed by atoms with van der Waals surface area (Å²) >= 11 is 0. The number of rotatable bonds is 2. The van der Waals surface area contributed by atoms with Crippen molar-refractivity contribution in [3.8, 4) is 0 Å². The van der Waals surface area contributed by atoms with Crippen LogP contribution in [0, 0.1) is 0 Å². The topological polar surface area (TPSA) is 64.4 Å². The number of hydrogen-bond donors (Lipinski definition) is 2. The van der Waals surface area contributed by atoms with Crippen LogP contribution in [0.2, 0.25) is 0 Å². The molecule has 1 rings (SSSR count). The van der Waals surface area contributed by atoms with Gasteiger partial charge in [-0.05, 0) is 5.56 Å². The fraction of sp³-hybridized carbons (Fsp3) is 0.222. The van der Waals surface area contributed by atoms with Crippen molar-refractivity contribution in [1.82, 2.24) is 0 Å². The van der Waals surface area contributed by atoms with Crippen LogP contribution >= 0.6 is 24.8 Å². The van der Waals surface area contributed by atoms with Gasteiger partial charge in [-0.1, -0.05) is 24.3 Å². The molecule has 0 aliphatic heterocycles. The number of halogens is 2. The lowest BCUT2D eigenvalue weighted by molar-refractivity contribution is 1.07. The van der Waals surface area contributed by atoms with E-state index in [2.05, 4.69) is 4.99 Å². The van der Waals surface area contributed by atoms with Gasteiger partial charge in [-0.2, -0.15) is 0 Å². The molecule has 5 heteroatoms. The SMILES string of the molecule is CN=C(N)c1ccc(CN)cc1.Cl.Cl. The zero-order valence-electron chi connectivity index (χ0n) is 7.93. The fourth-order valence-electron chi connectivity index (χ4n) is 0.941. The summed E-state index contributed by atoms with van der Waals surface area (Å²) < 4.78 is 0. The van der Waals surface area contributed by atoms with Gasteiger partial charge >= 0.3 is 0 Å². The van der Waals surface area contributed by atoms with E-state index in [9.17, 15) is 0 Å². The van der Waals surface area contributed by atoms with Gasteiger partial charge < -0.3 is 11.5 Å². The van der Waals surface area contributed by atoms with Crippen molar-refractivity contribution in [2.45, 2.75) is 6.54 Å². The zero-order chi connectivity index (χ0) is 8.97. The van der Waals surface area contributed by atoms with E-state index in [0.717, 1.165) is 11.1 Å². The Labute approximate surface area is 96.4 Å². The third-order valence-corrected chi connectivity index (χ3v) is 1.73. The Kier molecular flexibility index (Phi) is 8.54. The highest BCUT2D eigenvalue weighted by molar-refractivity contribution is 5.97. The molecule has 0 spiro atoms. The first-order valence-electron chi connectivity index (χ1n) is 3.79. The van der Waals surface area contributed by atoms with E-state index in [1.54, 1.807) is 7.05 Å². The standard InChI is InChI=1S/C9H13N3.2ClH/c1-12-9(11)8-4-2-7(6-10)3-5-8;;/h2-5H,6,10H2,1H3,(H2,11,12);2*1H. The molecular weight excluding hydrogens is 221 g/mol. The summed E-state index contributed by atoms with van der Waals surface area (Å²) in [6, 6.07) is 7.75. The highest BCUT2D eigenvalue weighted by atomic mass is 35.5. The van der Waals surface area contributed by atoms with Crippen LogP contribution in [-0.2, 0) is 6.54 Å². The lowest BCUT2D eigenvalue weighted by Crippen LogP contribution is -2.12. The average molecular weight is 236 g/mol. The first-order chi connectivity index (χ1) is 5.77. The lowest BCUT2D eigenvalue weighted by Gasteiger charge is -2.00. The molecule has 4 N–H and O–H groups in total. The lowest BCUT2D eigenvalue weighted by atomic mass is 10.1. The Morgan fingerprint density at radius 3 is 2.07 bits per heavy atom.